The fourth-order valence-electron chi connectivity index (χ4n) is 2.86. The Morgan fingerprint density at radius 2 is 1.52 bits per heavy atom. The first-order valence-corrected chi connectivity index (χ1v) is 6.93. The van der Waals surface area contributed by atoms with Crippen molar-refractivity contribution in [3.8, 4) is 0 Å². The Bertz CT molecular complexity index is 385. The fourth-order valence-corrected chi connectivity index (χ4v) is 2.86. The van der Waals surface area contributed by atoms with E-state index in [2.05, 4.69) is 0 Å². The summed E-state index contributed by atoms with van der Waals surface area (Å²) in [5.41, 5.74) is -4.09. The van der Waals surface area contributed by atoms with Crippen LogP contribution in [0.3, 0.4) is 0 Å². The van der Waals surface area contributed by atoms with Crippen LogP contribution in [-0.2, 0) is 9.53 Å². The molecule has 0 saturated heterocycles. The molecule has 0 aromatic heterocycles. The molecule has 0 bridgehead atoms. The zero-order valence-corrected chi connectivity index (χ0v) is 12.7. The molecule has 1 saturated carbocycles. The molecule has 1 aliphatic carbocycles. The summed E-state index contributed by atoms with van der Waals surface area (Å²) in [6.07, 6.45) is -5.27. The van der Waals surface area contributed by atoms with E-state index in [0.717, 1.165) is 6.92 Å². The van der Waals surface area contributed by atoms with Gasteiger partial charge in [-0.15, -0.1) is 0 Å². The van der Waals surface area contributed by atoms with E-state index in [1.54, 1.807) is 0 Å². The minimum Gasteiger partial charge on any atom is -0.463 e. The number of alkyl halides is 3. The van der Waals surface area contributed by atoms with E-state index in [-0.39, 0.29) is 19.3 Å². The zero-order chi connectivity index (χ0) is 16.6. The third kappa shape index (κ3) is 4.32. The van der Waals surface area contributed by atoms with Gasteiger partial charge in [-0.2, -0.15) is 13.2 Å². The van der Waals surface area contributed by atoms with Crippen LogP contribution < -0.4 is 0 Å². The number of aliphatic hydroxyl groups is 2. The Balaban J connectivity index is 3.01. The van der Waals surface area contributed by atoms with Crippen molar-refractivity contribution in [1.82, 2.24) is 0 Å². The monoisotopic (exact) mass is 312 g/mol. The van der Waals surface area contributed by atoms with E-state index in [4.69, 9.17) is 4.74 Å². The van der Waals surface area contributed by atoms with Crippen molar-refractivity contribution in [1.29, 1.82) is 0 Å². The maximum atomic E-state index is 13.0. The maximum absolute atomic E-state index is 13.0. The molecular weight excluding hydrogens is 289 g/mol. The lowest BCUT2D eigenvalue weighted by atomic mass is 9.67. The summed E-state index contributed by atoms with van der Waals surface area (Å²) < 4.78 is 44.1. The van der Waals surface area contributed by atoms with E-state index in [1.807, 2.05) is 0 Å². The number of rotatable bonds is 3. The topological polar surface area (TPSA) is 66.8 Å². The summed E-state index contributed by atoms with van der Waals surface area (Å²) in [5, 5.41) is 19.9. The predicted octanol–water partition coefficient (Wildman–Crippen LogP) is 2.42. The smallest absolute Gasteiger partial charge is 0.417 e. The van der Waals surface area contributed by atoms with Gasteiger partial charge in [-0.25, -0.2) is 0 Å². The van der Waals surface area contributed by atoms with E-state index < -0.39 is 41.3 Å². The lowest BCUT2D eigenvalue weighted by Gasteiger charge is -2.45. The first-order valence-electron chi connectivity index (χ1n) is 6.93. The fraction of sp³-hybridized carbons (Fsp3) is 0.929. The molecule has 21 heavy (non-hydrogen) atoms. The van der Waals surface area contributed by atoms with Crippen LogP contribution in [0.5, 0.6) is 0 Å². The average Bonchev–Trinajstić information content (AvgIpc) is 2.24. The molecule has 124 valence electrons. The van der Waals surface area contributed by atoms with Gasteiger partial charge in [0.25, 0.3) is 0 Å². The van der Waals surface area contributed by atoms with Crippen LogP contribution in [0.2, 0.25) is 0 Å². The summed E-state index contributed by atoms with van der Waals surface area (Å²) in [6, 6.07) is 0. The summed E-state index contributed by atoms with van der Waals surface area (Å²) in [6.45, 7) is 4.93. The van der Waals surface area contributed by atoms with Gasteiger partial charge in [-0.1, -0.05) is 0 Å². The zero-order valence-electron chi connectivity index (χ0n) is 12.7. The molecule has 2 N–H and O–H groups in total. The SMILES string of the molecule is CC(=O)OC1CC(C(C)(C)O)CC(C(C)(O)C(F)(F)F)C1. The molecule has 1 rings (SSSR count). The summed E-state index contributed by atoms with van der Waals surface area (Å²) in [5.74, 6) is -2.21. The Morgan fingerprint density at radius 3 is 1.90 bits per heavy atom. The van der Waals surface area contributed by atoms with Crippen LogP contribution in [0.25, 0.3) is 0 Å². The van der Waals surface area contributed by atoms with Crippen molar-refractivity contribution in [2.45, 2.75) is 70.4 Å². The van der Waals surface area contributed by atoms with Gasteiger partial charge in [0.05, 0.1) is 5.60 Å². The lowest BCUT2D eigenvalue weighted by Crippen LogP contribution is -2.53. The molecule has 4 nitrogen and oxygen atoms in total. The molecule has 0 radical (unpaired) electrons. The third-order valence-electron chi connectivity index (χ3n) is 4.36. The van der Waals surface area contributed by atoms with Gasteiger partial charge in [0.1, 0.15) is 6.10 Å². The number of halogens is 3. The standard InChI is InChI=1S/C14H23F3O4/c1-8(18)21-11-6-9(12(2,3)19)5-10(7-11)13(4,20)14(15,16)17/h9-11,19-20H,5-7H2,1-4H3. The molecule has 0 amide bonds. The quantitative estimate of drug-likeness (QED) is 0.786. The highest BCUT2D eigenvalue weighted by molar-refractivity contribution is 5.66. The molecule has 1 aliphatic rings. The maximum Gasteiger partial charge on any atom is 0.417 e. The molecular formula is C14H23F3O4. The predicted molar refractivity (Wildman–Crippen MR) is 69.4 cm³/mol. The number of carbonyl (C=O) groups is 1. The molecule has 4 unspecified atom stereocenters. The Kier molecular flexibility index (Phi) is 5.00. The van der Waals surface area contributed by atoms with E-state index in [9.17, 15) is 28.2 Å². The van der Waals surface area contributed by atoms with Crippen molar-refractivity contribution in [2.24, 2.45) is 11.8 Å². The first-order chi connectivity index (χ1) is 9.25. The number of hydrogen-bond acceptors (Lipinski definition) is 4. The van der Waals surface area contributed by atoms with Crippen molar-refractivity contribution < 1.29 is 32.9 Å². The number of esters is 1. The van der Waals surface area contributed by atoms with Crippen LogP contribution in [-0.4, -0.2) is 39.7 Å². The number of hydrogen-bond donors (Lipinski definition) is 2. The first kappa shape index (κ1) is 18.2. The van der Waals surface area contributed by atoms with Crippen LogP contribution in [0, 0.1) is 11.8 Å². The van der Waals surface area contributed by atoms with Gasteiger partial charge in [0.2, 0.25) is 0 Å². The molecule has 0 spiro atoms. The Labute approximate surface area is 122 Å². The minimum absolute atomic E-state index is 0.0216. The normalized spacial score (nSPS) is 30.6. The van der Waals surface area contributed by atoms with Crippen LogP contribution in [0.4, 0.5) is 13.2 Å². The van der Waals surface area contributed by atoms with Crippen molar-refractivity contribution in [3.05, 3.63) is 0 Å². The lowest BCUT2D eigenvalue weighted by molar-refractivity contribution is -0.281. The highest BCUT2D eigenvalue weighted by atomic mass is 19.4. The van der Waals surface area contributed by atoms with Crippen LogP contribution >= 0.6 is 0 Å². The largest absolute Gasteiger partial charge is 0.463 e. The van der Waals surface area contributed by atoms with Gasteiger partial charge in [-0.3, -0.25) is 4.79 Å². The van der Waals surface area contributed by atoms with Crippen LogP contribution in [0.15, 0.2) is 0 Å². The Morgan fingerprint density at radius 1 is 1.05 bits per heavy atom. The molecule has 0 aliphatic heterocycles. The van der Waals surface area contributed by atoms with Gasteiger partial charge in [0.15, 0.2) is 5.60 Å². The summed E-state index contributed by atoms with van der Waals surface area (Å²) in [4.78, 5) is 11.1. The molecule has 0 aromatic carbocycles. The van der Waals surface area contributed by atoms with E-state index >= 15 is 0 Å². The van der Waals surface area contributed by atoms with Gasteiger partial charge in [0, 0.05) is 12.8 Å². The number of ether oxygens (including phenoxy) is 1. The van der Waals surface area contributed by atoms with Crippen LogP contribution in [0.1, 0.15) is 47.0 Å². The van der Waals surface area contributed by atoms with Crippen molar-refractivity contribution in [3.63, 3.8) is 0 Å². The molecule has 0 heterocycles. The van der Waals surface area contributed by atoms with Crippen molar-refractivity contribution in [2.75, 3.05) is 0 Å². The number of carbonyl (C=O) groups excluding carboxylic acids is 1. The molecule has 4 atom stereocenters. The highest BCUT2D eigenvalue weighted by Gasteiger charge is 2.57. The summed E-state index contributed by atoms with van der Waals surface area (Å²) >= 11 is 0. The molecule has 1 fully saturated rings. The average molecular weight is 312 g/mol. The minimum atomic E-state index is -4.78. The summed E-state index contributed by atoms with van der Waals surface area (Å²) in [7, 11) is 0. The second-order valence-corrected chi connectivity index (χ2v) is 6.63. The van der Waals surface area contributed by atoms with Gasteiger partial charge >= 0.3 is 12.1 Å². The highest BCUT2D eigenvalue weighted by Crippen LogP contribution is 2.46. The van der Waals surface area contributed by atoms with E-state index in [1.165, 1.54) is 20.8 Å². The molecule has 7 heteroatoms. The third-order valence-corrected chi connectivity index (χ3v) is 4.36. The van der Waals surface area contributed by atoms with Crippen molar-refractivity contribution >= 4 is 5.97 Å². The van der Waals surface area contributed by atoms with Gasteiger partial charge < -0.3 is 14.9 Å². The van der Waals surface area contributed by atoms with Gasteiger partial charge in [-0.05, 0) is 46.0 Å². The second kappa shape index (κ2) is 5.76. The Hall–Kier alpha value is -0.820. The second-order valence-electron chi connectivity index (χ2n) is 6.63. The molecule has 0 aromatic rings. The van der Waals surface area contributed by atoms with E-state index in [0.29, 0.717) is 0 Å².